The highest BCUT2D eigenvalue weighted by Crippen LogP contribution is 2.29. The highest BCUT2D eigenvalue weighted by molar-refractivity contribution is 5.93. The number of carbonyl (C=O) groups is 2. The zero-order chi connectivity index (χ0) is 22.1. The van der Waals surface area contributed by atoms with Crippen LogP contribution in [0.2, 0.25) is 0 Å². The fourth-order valence-corrected chi connectivity index (χ4v) is 2.72. The molecule has 0 aliphatic rings. The summed E-state index contributed by atoms with van der Waals surface area (Å²) in [4.78, 5) is 34.1. The van der Waals surface area contributed by atoms with Crippen LogP contribution in [0.4, 0.5) is 5.69 Å². The van der Waals surface area contributed by atoms with E-state index >= 15 is 0 Å². The largest absolute Gasteiger partial charge is 0.483 e. The predicted octanol–water partition coefficient (Wildman–Crippen LogP) is 3.50. The molecule has 0 aliphatic carbocycles. The number of hydrogen-bond acceptors (Lipinski definition) is 5. The molecule has 0 radical (unpaired) electrons. The number of nitrogens with one attached hydrogen (secondary N) is 2. The van der Waals surface area contributed by atoms with Gasteiger partial charge in [-0.3, -0.25) is 30.6 Å². The minimum atomic E-state index is -0.593. The molecule has 3 aromatic rings. The maximum atomic E-state index is 12.0. The van der Waals surface area contributed by atoms with Gasteiger partial charge in [0.1, 0.15) is 5.75 Å². The Morgan fingerprint density at radius 3 is 2.45 bits per heavy atom. The summed E-state index contributed by atoms with van der Waals surface area (Å²) >= 11 is 0. The van der Waals surface area contributed by atoms with E-state index in [0.717, 1.165) is 17.2 Å². The van der Waals surface area contributed by atoms with Crippen LogP contribution in [0, 0.1) is 10.1 Å². The second kappa shape index (κ2) is 10.4. The maximum absolute atomic E-state index is 12.0. The third kappa shape index (κ3) is 6.26. The Balaban J connectivity index is 1.50. The molecule has 0 aliphatic heterocycles. The van der Waals surface area contributed by atoms with Crippen molar-refractivity contribution in [2.75, 3.05) is 6.61 Å². The van der Waals surface area contributed by atoms with Gasteiger partial charge in [-0.25, -0.2) is 0 Å². The third-order valence-electron chi connectivity index (χ3n) is 4.16. The van der Waals surface area contributed by atoms with Crippen LogP contribution in [0.1, 0.15) is 5.56 Å². The molecule has 8 nitrogen and oxygen atoms in total. The molecule has 3 aromatic carbocycles. The van der Waals surface area contributed by atoms with E-state index in [2.05, 4.69) is 10.9 Å². The number of amides is 2. The molecule has 0 atom stereocenters. The number of para-hydroxylation sites is 1. The Kier molecular flexibility index (Phi) is 7.10. The van der Waals surface area contributed by atoms with Crippen molar-refractivity contribution in [1.82, 2.24) is 10.9 Å². The zero-order valence-corrected chi connectivity index (χ0v) is 16.4. The van der Waals surface area contributed by atoms with Gasteiger partial charge < -0.3 is 4.74 Å². The molecule has 0 unspecified atom stereocenters. The summed E-state index contributed by atoms with van der Waals surface area (Å²) < 4.78 is 5.61. The number of hydrazine groups is 1. The molecule has 0 aromatic heterocycles. The lowest BCUT2D eigenvalue weighted by Crippen LogP contribution is -2.43. The predicted molar refractivity (Wildman–Crippen MR) is 116 cm³/mol. The number of ether oxygens (including phenoxy) is 1. The van der Waals surface area contributed by atoms with Crippen LogP contribution < -0.4 is 15.6 Å². The van der Waals surface area contributed by atoms with E-state index in [9.17, 15) is 19.7 Å². The Labute approximate surface area is 178 Å². The number of rotatable bonds is 7. The standard InChI is InChI=1S/C23H19N3O5/c27-22(14-13-17-7-6-10-19(15-17)26(29)30)24-25-23(28)16-31-21-12-5-4-11-20(21)18-8-2-1-3-9-18/h1-15H,16H2,(H,24,27)(H,25,28)/b14-13+. The van der Waals surface area contributed by atoms with E-state index < -0.39 is 16.7 Å². The summed E-state index contributed by atoms with van der Waals surface area (Å²) in [5.41, 5.74) is 6.70. The van der Waals surface area contributed by atoms with Crippen molar-refractivity contribution >= 4 is 23.6 Å². The van der Waals surface area contributed by atoms with Gasteiger partial charge in [-0.05, 0) is 23.3 Å². The van der Waals surface area contributed by atoms with Gasteiger partial charge in [0, 0.05) is 23.8 Å². The molecule has 0 saturated carbocycles. The number of non-ortho nitro benzene ring substituents is 1. The van der Waals surface area contributed by atoms with Crippen molar-refractivity contribution in [3.8, 4) is 16.9 Å². The van der Waals surface area contributed by atoms with Crippen LogP contribution in [-0.2, 0) is 9.59 Å². The van der Waals surface area contributed by atoms with E-state index in [4.69, 9.17) is 4.74 Å². The van der Waals surface area contributed by atoms with Crippen LogP contribution in [0.3, 0.4) is 0 Å². The van der Waals surface area contributed by atoms with Crippen molar-refractivity contribution < 1.29 is 19.2 Å². The molecule has 8 heteroatoms. The SMILES string of the molecule is O=C(/C=C/c1cccc([N+](=O)[O-])c1)NNC(=O)COc1ccccc1-c1ccccc1. The number of hydrogen-bond donors (Lipinski definition) is 2. The summed E-state index contributed by atoms with van der Waals surface area (Å²) in [6.45, 7) is -0.293. The average molecular weight is 417 g/mol. The van der Waals surface area contributed by atoms with Gasteiger partial charge in [-0.1, -0.05) is 60.7 Å². The third-order valence-corrected chi connectivity index (χ3v) is 4.16. The molecule has 3 rings (SSSR count). The highest BCUT2D eigenvalue weighted by atomic mass is 16.6. The van der Waals surface area contributed by atoms with Crippen LogP contribution in [0.15, 0.2) is 84.9 Å². The van der Waals surface area contributed by atoms with Crippen molar-refractivity contribution in [2.24, 2.45) is 0 Å². The highest BCUT2D eigenvalue weighted by Gasteiger charge is 2.09. The fraction of sp³-hybridized carbons (Fsp3) is 0.0435. The first-order chi connectivity index (χ1) is 15.0. The van der Waals surface area contributed by atoms with Gasteiger partial charge in [-0.2, -0.15) is 0 Å². The monoisotopic (exact) mass is 417 g/mol. The first kappa shape index (κ1) is 21.3. The molecule has 0 fully saturated rings. The van der Waals surface area contributed by atoms with E-state index in [-0.39, 0.29) is 12.3 Å². The van der Waals surface area contributed by atoms with Gasteiger partial charge in [0.25, 0.3) is 17.5 Å². The van der Waals surface area contributed by atoms with Crippen LogP contribution in [0.5, 0.6) is 5.75 Å². The van der Waals surface area contributed by atoms with Crippen molar-refractivity contribution in [2.45, 2.75) is 0 Å². The smallest absolute Gasteiger partial charge is 0.276 e. The molecule has 0 heterocycles. The second-order valence-corrected chi connectivity index (χ2v) is 6.37. The lowest BCUT2D eigenvalue weighted by Gasteiger charge is -2.12. The van der Waals surface area contributed by atoms with Crippen LogP contribution in [0.25, 0.3) is 17.2 Å². The number of carbonyl (C=O) groups excluding carboxylic acids is 2. The second-order valence-electron chi connectivity index (χ2n) is 6.37. The van der Waals surface area contributed by atoms with E-state index in [1.54, 1.807) is 18.2 Å². The average Bonchev–Trinajstić information content (AvgIpc) is 2.81. The Bertz CT molecular complexity index is 1110. The molecule has 2 amide bonds. The van der Waals surface area contributed by atoms with Gasteiger partial charge in [0.05, 0.1) is 4.92 Å². The van der Waals surface area contributed by atoms with Crippen LogP contribution >= 0.6 is 0 Å². The maximum Gasteiger partial charge on any atom is 0.276 e. The molecule has 2 N–H and O–H groups in total. The van der Waals surface area contributed by atoms with E-state index in [1.807, 2.05) is 42.5 Å². The minimum absolute atomic E-state index is 0.0798. The lowest BCUT2D eigenvalue weighted by molar-refractivity contribution is -0.384. The number of benzene rings is 3. The fourth-order valence-electron chi connectivity index (χ4n) is 2.72. The van der Waals surface area contributed by atoms with E-state index in [1.165, 1.54) is 24.3 Å². The first-order valence-corrected chi connectivity index (χ1v) is 9.31. The zero-order valence-electron chi connectivity index (χ0n) is 16.4. The van der Waals surface area contributed by atoms with Gasteiger partial charge in [0.2, 0.25) is 0 Å². The van der Waals surface area contributed by atoms with Crippen LogP contribution in [-0.4, -0.2) is 23.3 Å². The van der Waals surface area contributed by atoms with Crippen molar-refractivity contribution in [3.63, 3.8) is 0 Å². The Morgan fingerprint density at radius 2 is 1.68 bits per heavy atom. The first-order valence-electron chi connectivity index (χ1n) is 9.31. The van der Waals surface area contributed by atoms with Crippen molar-refractivity contribution in [1.29, 1.82) is 0 Å². The summed E-state index contributed by atoms with van der Waals surface area (Å²) in [5.74, 6) is -0.592. The van der Waals surface area contributed by atoms with Crippen molar-refractivity contribution in [3.05, 3.63) is 101 Å². The summed E-state index contributed by atoms with van der Waals surface area (Å²) in [6.07, 6.45) is 2.56. The molecular formula is C23H19N3O5. The quantitative estimate of drug-likeness (QED) is 0.347. The molecule has 0 spiro atoms. The van der Waals surface area contributed by atoms with Gasteiger partial charge >= 0.3 is 0 Å². The number of nitro benzene ring substituents is 1. The Hall–Kier alpha value is -4.46. The summed E-state index contributed by atoms with van der Waals surface area (Å²) in [6, 6.07) is 22.8. The molecular weight excluding hydrogens is 398 g/mol. The summed E-state index contributed by atoms with van der Waals surface area (Å²) in [7, 11) is 0. The molecule has 0 saturated heterocycles. The molecule has 0 bridgehead atoms. The van der Waals surface area contributed by atoms with Gasteiger partial charge in [-0.15, -0.1) is 0 Å². The molecule has 156 valence electrons. The van der Waals surface area contributed by atoms with Gasteiger partial charge in [0.15, 0.2) is 6.61 Å². The Morgan fingerprint density at radius 1 is 0.935 bits per heavy atom. The minimum Gasteiger partial charge on any atom is -0.483 e. The normalized spacial score (nSPS) is 10.5. The lowest BCUT2D eigenvalue weighted by atomic mass is 10.1. The summed E-state index contributed by atoms with van der Waals surface area (Å²) in [5, 5.41) is 10.8. The number of nitro groups is 1. The molecule has 31 heavy (non-hydrogen) atoms. The van der Waals surface area contributed by atoms with E-state index in [0.29, 0.717) is 11.3 Å². The topological polar surface area (TPSA) is 111 Å². The number of nitrogens with zero attached hydrogens (tertiary/aromatic N) is 1.